The van der Waals surface area contributed by atoms with Crippen LogP contribution < -0.4 is 5.32 Å². The molecule has 4 rings (SSSR count). The van der Waals surface area contributed by atoms with Crippen molar-refractivity contribution in [1.29, 1.82) is 0 Å². The lowest BCUT2D eigenvalue weighted by atomic mass is 9.82. The number of carbonyl (C=O) groups is 1. The van der Waals surface area contributed by atoms with Crippen molar-refractivity contribution in [3.8, 4) is 0 Å². The molecule has 0 spiro atoms. The number of hydrogen-bond acceptors (Lipinski definition) is 4. The summed E-state index contributed by atoms with van der Waals surface area (Å²) < 4.78 is 1.19. The van der Waals surface area contributed by atoms with Gasteiger partial charge >= 0.3 is 0 Å². The molecule has 27 heavy (non-hydrogen) atoms. The Morgan fingerprint density at radius 3 is 2.70 bits per heavy atom. The number of rotatable bonds is 6. The lowest BCUT2D eigenvalue weighted by Crippen LogP contribution is -2.36. The Bertz CT molecular complexity index is 903. The van der Waals surface area contributed by atoms with E-state index in [0.717, 1.165) is 29.1 Å². The zero-order chi connectivity index (χ0) is 18.5. The summed E-state index contributed by atoms with van der Waals surface area (Å²) in [7, 11) is 0. The third-order valence-electron chi connectivity index (χ3n) is 4.81. The first-order valence-electron chi connectivity index (χ1n) is 9.27. The molecule has 0 saturated heterocycles. The van der Waals surface area contributed by atoms with E-state index < -0.39 is 0 Å². The molecule has 3 nitrogen and oxygen atoms in total. The van der Waals surface area contributed by atoms with Crippen LogP contribution in [0.3, 0.4) is 0 Å². The van der Waals surface area contributed by atoms with Gasteiger partial charge in [0.2, 0.25) is 5.91 Å². The molecule has 1 N–H and O–H groups in total. The summed E-state index contributed by atoms with van der Waals surface area (Å²) >= 11 is 3.49. The predicted molar refractivity (Wildman–Crippen MR) is 114 cm³/mol. The van der Waals surface area contributed by atoms with Crippen molar-refractivity contribution in [2.45, 2.75) is 23.7 Å². The number of carbonyl (C=O) groups excluding carboxylic acids is 1. The number of allylic oxidation sites excluding steroid dienone is 2. The zero-order valence-electron chi connectivity index (χ0n) is 15.0. The van der Waals surface area contributed by atoms with E-state index >= 15 is 0 Å². The average molecular weight is 395 g/mol. The van der Waals surface area contributed by atoms with Crippen molar-refractivity contribution in [1.82, 2.24) is 10.3 Å². The zero-order valence-corrected chi connectivity index (χ0v) is 16.6. The fourth-order valence-electron chi connectivity index (χ4n) is 3.42. The third kappa shape index (κ3) is 4.42. The number of thioether (sulfide) groups is 1. The lowest BCUT2D eigenvalue weighted by Gasteiger charge is -2.26. The highest BCUT2D eigenvalue weighted by Gasteiger charge is 2.32. The van der Waals surface area contributed by atoms with Crippen LogP contribution >= 0.6 is 23.1 Å². The van der Waals surface area contributed by atoms with Gasteiger partial charge in [-0.05, 0) is 37.1 Å². The number of benzene rings is 2. The van der Waals surface area contributed by atoms with Gasteiger partial charge in [-0.25, -0.2) is 4.98 Å². The van der Waals surface area contributed by atoms with Gasteiger partial charge in [0, 0.05) is 23.1 Å². The Kier molecular flexibility index (Phi) is 5.90. The van der Waals surface area contributed by atoms with Gasteiger partial charge in [0.1, 0.15) is 0 Å². The minimum absolute atomic E-state index is 0.0303. The molecule has 1 heterocycles. The summed E-state index contributed by atoms with van der Waals surface area (Å²) in [6, 6.07) is 18.5. The van der Waals surface area contributed by atoms with E-state index in [1.165, 1.54) is 9.60 Å². The first kappa shape index (κ1) is 18.3. The van der Waals surface area contributed by atoms with Crippen molar-refractivity contribution >= 4 is 39.2 Å². The average Bonchev–Trinajstić information content (AvgIpc) is 3.16. The van der Waals surface area contributed by atoms with E-state index in [-0.39, 0.29) is 17.7 Å². The second kappa shape index (κ2) is 8.72. The third-order valence-corrected chi connectivity index (χ3v) is 6.99. The van der Waals surface area contributed by atoms with Crippen LogP contribution in [0.2, 0.25) is 0 Å². The summed E-state index contributed by atoms with van der Waals surface area (Å²) in [5.41, 5.74) is 1.03. The van der Waals surface area contributed by atoms with E-state index in [4.69, 9.17) is 4.98 Å². The Hall–Kier alpha value is -2.11. The van der Waals surface area contributed by atoms with E-state index in [1.807, 2.05) is 36.4 Å². The van der Waals surface area contributed by atoms with Crippen molar-refractivity contribution in [3.63, 3.8) is 0 Å². The Morgan fingerprint density at radius 2 is 1.85 bits per heavy atom. The molecule has 0 saturated carbocycles. The molecule has 138 valence electrons. The molecule has 1 aliphatic carbocycles. The summed E-state index contributed by atoms with van der Waals surface area (Å²) in [4.78, 5) is 18.9. The maximum Gasteiger partial charge on any atom is 0.224 e. The fourth-order valence-corrected chi connectivity index (χ4v) is 5.35. The smallest absolute Gasteiger partial charge is 0.224 e. The molecule has 0 bridgehead atoms. The van der Waals surface area contributed by atoms with Crippen molar-refractivity contribution < 1.29 is 4.79 Å². The van der Waals surface area contributed by atoms with Gasteiger partial charge in [-0.1, -0.05) is 42.5 Å². The van der Waals surface area contributed by atoms with Crippen LogP contribution in [-0.2, 0) is 4.79 Å². The topological polar surface area (TPSA) is 42.0 Å². The number of aromatic nitrogens is 1. The Balaban J connectivity index is 1.38. The van der Waals surface area contributed by atoms with Gasteiger partial charge in [-0.3, -0.25) is 4.79 Å². The van der Waals surface area contributed by atoms with Crippen molar-refractivity contribution in [2.75, 3.05) is 12.3 Å². The van der Waals surface area contributed by atoms with Gasteiger partial charge in [-0.15, -0.1) is 23.1 Å². The standard InChI is InChI=1S/C22H22N2OS2/c25-21(23-14-15-26-16-8-2-1-3-9-16)17-10-4-5-11-18(17)22-24-19-12-6-7-13-20(19)27-22/h1-9,12-13,17-18H,10-11,14-15H2,(H,23,25)/t17-,18-/m1/s1. The molecule has 1 aromatic heterocycles. The molecular formula is C22H22N2OS2. The second-order valence-electron chi connectivity index (χ2n) is 6.63. The number of para-hydroxylation sites is 1. The van der Waals surface area contributed by atoms with Gasteiger partial charge < -0.3 is 5.32 Å². The minimum Gasteiger partial charge on any atom is -0.355 e. The van der Waals surface area contributed by atoms with Gasteiger partial charge in [0.25, 0.3) is 0 Å². The Morgan fingerprint density at radius 1 is 1.07 bits per heavy atom. The number of amides is 1. The maximum atomic E-state index is 12.8. The highest BCUT2D eigenvalue weighted by atomic mass is 32.2. The first-order valence-corrected chi connectivity index (χ1v) is 11.1. The molecule has 3 aromatic rings. The summed E-state index contributed by atoms with van der Waals surface area (Å²) in [6.45, 7) is 0.686. The second-order valence-corrected chi connectivity index (χ2v) is 8.86. The molecule has 0 fully saturated rings. The van der Waals surface area contributed by atoms with Gasteiger partial charge in [0.05, 0.1) is 21.1 Å². The number of nitrogens with zero attached hydrogens (tertiary/aromatic N) is 1. The SMILES string of the molecule is O=C(NCCSc1ccccc1)[C@@H]1CC=CC[C@H]1c1nc2ccccc2s1. The number of fused-ring (bicyclic) bond motifs is 1. The summed E-state index contributed by atoms with van der Waals surface area (Å²) in [6.07, 6.45) is 5.99. The monoisotopic (exact) mass is 394 g/mol. The van der Waals surface area contributed by atoms with E-state index in [0.29, 0.717) is 6.54 Å². The number of nitrogens with one attached hydrogen (secondary N) is 1. The normalized spacial score (nSPS) is 19.3. The lowest BCUT2D eigenvalue weighted by molar-refractivity contribution is -0.125. The summed E-state index contributed by atoms with van der Waals surface area (Å²) in [5.74, 6) is 1.17. The van der Waals surface area contributed by atoms with Crippen molar-refractivity contribution in [2.24, 2.45) is 5.92 Å². The minimum atomic E-state index is -0.0303. The largest absolute Gasteiger partial charge is 0.355 e. The van der Waals surface area contributed by atoms with Gasteiger partial charge in [-0.2, -0.15) is 0 Å². The van der Waals surface area contributed by atoms with Crippen LogP contribution in [0.1, 0.15) is 23.8 Å². The highest BCUT2D eigenvalue weighted by Crippen LogP contribution is 2.38. The van der Waals surface area contributed by atoms with Crippen LogP contribution in [0, 0.1) is 5.92 Å². The molecule has 0 unspecified atom stereocenters. The maximum absolute atomic E-state index is 12.8. The van der Waals surface area contributed by atoms with Crippen molar-refractivity contribution in [3.05, 3.63) is 71.8 Å². The molecule has 2 atom stereocenters. The predicted octanol–water partition coefficient (Wildman–Crippen LogP) is 5.25. The van der Waals surface area contributed by atoms with Gasteiger partial charge in [0.15, 0.2) is 0 Å². The van der Waals surface area contributed by atoms with Crippen LogP contribution in [0.15, 0.2) is 71.6 Å². The number of thiazole rings is 1. The van der Waals surface area contributed by atoms with E-state index in [2.05, 4.69) is 35.7 Å². The number of hydrogen-bond donors (Lipinski definition) is 1. The molecule has 1 aliphatic rings. The van der Waals surface area contributed by atoms with Crippen LogP contribution in [0.4, 0.5) is 0 Å². The Labute approximate surface area is 167 Å². The van der Waals surface area contributed by atoms with Crippen LogP contribution in [-0.4, -0.2) is 23.2 Å². The first-order chi connectivity index (χ1) is 13.3. The van der Waals surface area contributed by atoms with Crippen LogP contribution in [0.5, 0.6) is 0 Å². The molecule has 0 aliphatic heterocycles. The highest BCUT2D eigenvalue weighted by molar-refractivity contribution is 7.99. The van der Waals surface area contributed by atoms with Crippen LogP contribution in [0.25, 0.3) is 10.2 Å². The molecule has 1 amide bonds. The van der Waals surface area contributed by atoms with E-state index in [1.54, 1.807) is 23.1 Å². The quantitative estimate of drug-likeness (QED) is 0.352. The molecular weight excluding hydrogens is 372 g/mol. The summed E-state index contributed by atoms with van der Waals surface area (Å²) in [5, 5.41) is 4.22. The fraction of sp³-hybridized carbons (Fsp3) is 0.273. The molecule has 0 radical (unpaired) electrons. The van der Waals surface area contributed by atoms with E-state index in [9.17, 15) is 4.79 Å². The molecule has 2 aromatic carbocycles. The molecule has 5 heteroatoms.